The van der Waals surface area contributed by atoms with Crippen molar-refractivity contribution in [2.24, 2.45) is 0 Å². The summed E-state index contributed by atoms with van der Waals surface area (Å²) < 4.78 is 3.44. The van der Waals surface area contributed by atoms with Gasteiger partial charge in [-0.05, 0) is 0 Å². The van der Waals surface area contributed by atoms with Gasteiger partial charge in [-0.2, -0.15) is 9.67 Å². The summed E-state index contributed by atoms with van der Waals surface area (Å²) in [4.78, 5) is 14.9. The van der Waals surface area contributed by atoms with Crippen LogP contribution < -0.4 is 0 Å². The first-order valence-corrected chi connectivity index (χ1v) is 11.5. The minimum Gasteiger partial charge on any atom is -0.464 e. The standard InChI is InChI=1S/C25H23ClN6O2/c1-17(33)30-12-14-31(15-13-30)20(34)16-32-25-21(23(29-32)18-8-4-2-5-9-18)22(26)24(27-28-25)19-10-6-3-7-11-19/h2-11H,12-16H2,1H3/p+1. The second-order valence-corrected chi connectivity index (χ2v) is 8.59. The van der Waals surface area contributed by atoms with Crippen molar-refractivity contribution in [3.05, 3.63) is 65.7 Å². The number of carbonyl (C=O) groups excluding carboxylic acids is 1. The minimum absolute atomic E-state index is 0.0286. The van der Waals surface area contributed by atoms with E-state index in [0.29, 0.717) is 53.6 Å². The van der Waals surface area contributed by atoms with Crippen LogP contribution in [0.25, 0.3) is 33.5 Å². The zero-order valence-electron chi connectivity index (χ0n) is 18.7. The Hall–Kier alpha value is -3.78. The van der Waals surface area contributed by atoms with E-state index in [9.17, 15) is 9.90 Å². The van der Waals surface area contributed by atoms with Gasteiger partial charge in [-0.3, -0.25) is 4.79 Å². The molecule has 9 heteroatoms. The number of hydrogen-bond donors (Lipinski definition) is 1. The predicted octanol–water partition coefficient (Wildman–Crippen LogP) is 3.64. The molecule has 1 fully saturated rings. The van der Waals surface area contributed by atoms with Crippen LogP contribution in [0.4, 0.5) is 0 Å². The number of benzene rings is 2. The van der Waals surface area contributed by atoms with E-state index in [0.717, 1.165) is 11.1 Å². The Morgan fingerprint density at radius 1 is 0.971 bits per heavy atom. The maximum Gasteiger partial charge on any atom is 0.330 e. The molecule has 0 radical (unpaired) electrons. The largest absolute Gasteiger partial charge is 0.464 e. The van der Waals surface area contributed by atoms with Crippen molar-refractivity contribution in [3.63, 3.8) is 0 Å². The molecule has 0 bridgehead atoms. The number of carbonyl (C=O) groups is 1. The third kappa shape index (κ3) is 4.12. The Labute approximate surface area is 201 Å². The van der Waals surface area contributed by atoms with E-state index in [1.165, 1.54) is 0 Å². The van der Waals surface area contributed by atoms with E-state index in [4.69, 9.17) is 16.7 Å². The molecule has 1 N–H and O–H groups in total. The number of hydrogen-bond acceptors (Lipinski definition) is 4. The highest BCUT2D eigenvalue weighted by Gasteiger charge is 2.27. The maximum atomic E-state index is 13.1. The Balaban J connectivity index is 1.55. The number of halogens is 1. The predicted molar refractivity (Wildman–Crippen MR) is 131 cm³/mol. The Kier molecular flexibility index (Phi) is 5.98. The normalized spacial score (nSPS) is 13.9. The number of nitrogens with zero attached hydrogens (tertiary/aromatic N) is 6. The molecule has 0 spiro atoms. The highest BCUT2D eigenvalue weighted by atomic mass is 35.5. The van der Waals surface area contributed by atoms with Crippen LogP contribution >= 0.6 is 11.6 Å². The zero-order valence-corrected chi connectivity index (χ0v) is 19.5. The van der Waals surface area contributed by atoms with Crippen LogP contribution in [0.15, 0.2) is 60.7 Å². The molecule has 1 aliphatic rings. The lowest BCUT2D eigenvalue weighted by atomic mass is 10.1. The van der Waals surface area contributed by atoms with Crippen LogP contribution in [0.3, 0.4) is 0 Å². The molecule has 1 saturated heterocycles. The summed E-state index contributed by atoms with van der Waals surface area (Å²) >= 11 is 6.89. The van der Waals surface area contributed by atoms with Gasteiger partial charge in [-0.1, -0.05) is 72.3 Å². The molecular formula is C25H24ClN6O2+. The minimum atomic E-state index is -0.0655. The lowest BCUT2D eigenvalue weighted by Gasteiger charge is -2.25. The van der Waals surface area contributed by atoms with E-state index >= 15 is 0 Å². The summed E-state index contributed by atoms with van der Waals surface area (Å²) in [7, 11) is 0. The average molecular weight is 476 g/mol. The van der Waals surface area contributed by atoms with E-state index in [1.54, 1.807) is 16.5 Å². The molecule has 2 aromatic carbocycles. The molecule has 0 saturated carbocycles. The molecule has 5 rings (SSSR count). The van der Waals surface area contributed by atoms with Gasteiger partial charge in [0.05, 0.1) is 30.4 Å². The van der Waals surface area contributed by atoms with Gasteiger partial charge in [-0.15, -0.1) is 10.2 Å². The number of aliphatic hydroxyl groups excluding tert-OH is 1. The van der Waals surface area contributed by atoms with E-state index in [2.05, 4.69) is 10.2 Å². The summed E-state index contributed by atoms with van der Waals surface area (Å²) in [6.45, 7) is 3.94. The first kappa shape index (κ1) is 22.0. The number of aliphatic hydroxyl groups is 1. The summed E-state index contributed by atoms with van der Waals surface area (Å²) in [6.07, 6.45) is 0. The number of amides is 1. The van der Waals surface area contributed by atoms with Gasteiger partial charge >= 0.3 is 5.90 Å². The van der Waals surface area contributed by atoms with Gasteiger partial charge in [0.2, 0.25) is 5.91 Å². The summed E-state index contributed by atoms with van der Waals surface area (Å²) in [6, 6.07) is 19.4. The lowest BCUT2D eigenvalue weighted by Crippen LogP contribution is -2.47. The quantitative estimate of drug-likeness (QED) is 0.359. The Morgan fingerprint density at radius 2 is 1.56 bits per heavy atom. The second kappa shape index (κ2) is 9.23. The van der Waals surface area contributed by atoms with Gasteiger partial charge in [0, 0.05) is 11.1 Å². The fourth-order valence-electron chi connectivity index (χ4n) is 4.21. The van der Waals surface area contributed by atoms with E-state index in [1.807, 2.05) is 65.2 Å². The van der Waals surface area contributed by atoms with E-state index < -0.39 is 0 Å². The van der Waals surface area contributed by atoms with Crippen LogP contribution in [0, 0.1) is 0 Å². The number of aromatic nitrogens is 4. The van der Waals surface area contributed by atoms with Crippen molar-refractivity contribution in [3.8, 4) is 22.5 Å². The summed E-state index contributed by atoms with van der Waals surface area (Å²) in [5.74, 6) is 0.209. The topological polar surface area (TPSA) is 87.2 Å². The molecule has 3 heterocycles. The molecule has 0 aliphatic carbocycles. The molecule has 2 aromatic heterocycles. The lowest BCUT2D eigenvalue weighted by molar-refractivity contribution is -0.545. The summed E-state index contributed by atoms with van der Waals surface area (Å²) in [5.41, 5.74) is 3.45. The fourth-order valence-corrected chi connectivity index (χ4v) is 4.53. The zero-order chi connectivity index (χ0) is 23.7. The highest BCUT2D eigenvalue weighted by molar-refractivity contribution is 6.38. The molecule has 172 valence electrons. The van der Waals surface area contributed by atoms with Crippen molar-refractivity contribution in [1.29, 1.82) is 0 Å². The van der Waals surface area contributed by atoms with Gasteiger partial charge in [0.15, 0.2) is 18.7 Å². The molecular weight excluding hydrogens is 452 g/mol. The van der Waals surface area contributed by atoms with Gasteiger partial charge < -0.3 is 10.0 Å². The molecule has 1 amide bonds. The fraction of sp³-hybridized carbons (Fsp3) is 0.240. The van der Waals surface area contributed by atoms with Crippen molar-refractivity contribution in [2.75, 3.05) is 26.2 Å². The van der Waals surface area contributed by atoms with Gasteiger partial charge in [0.1, 0.15) is 17.9 Å². The average Bonchev–Trinajstić information content (AvgIpc) is 3.24. The highest BCUT2D eigenvalue weighted by Crippen LogP contribution is 2.37. The monoisotopic (exact) mass is 475 g/mol. The molecule has 0 unspecified atom stereocenters. The van der Waals surface area contributed by atoms with Crippen LogP contribution in [-0.4, -0.2) is 72.5 Å². The third-order valence-corrected chi connectivity index (χ3v) is 6.44. The van der Waals surface area contributed by atoms with Crippen LogP contribution in [-0.2, 0) is 11.3 Å². The third-order valence-electron chi connectivity index (χ3n) is 6.07. The molecule has 4 aromatic rings. The first-order valence-electron chi connectivity index (χ1n) is 11.1. The SMILES string of the molecule is CC(O)=[N+]1CCN(C(=O)Cn2nc(-c3ccccc3)c3c(Cl)c(-c4ccccc4)nnc32)CC1. The van der Waals surface area contributed by atoms with Gasteiger partial charge in [0.25, 0.3) is 0 Å². The van der Waals surface area contributed by atoms with E-state index in [-0.39, 0.29) is 18.3 Å². The number of piperazine rings is 1. The van der Waals surface area contributed by atoms with Crippen molar-refractivity contribution in [1.82, 2.24) is 24.9 Å². The number of fused-ring (bicyclic) bond motifs is 1. The van der Waals surface area contributed by atoms with Gasteiger partial charge in [-0.25, -0.2) is 4.68 Å². The number of rotatable bonds is 4. The van der Waals surface area contributed by atoms with Crippen molar-refractivity contribution in [2.45, 2.75) is 13.5 Å². The van der Waals surface area contributed by atoms with Crippen LogP contribution in [0.2, 0.25) is 5.02 Å². The van der Waals surface area contributed by atoms with Crippen LogP contribution in [0.5, 0.6) is 0 Å². The smallest absolute Gasteiger partial charge is 0.330 e. The van der Waals surface area contributed by atoms with Crippen molar-refractivity contribution >= 4 is 34.4 Å². The second-order valence-electron chi connectivity index (χ2n) is 8.21. The first-order chi connectivity index (χ1) is 16.5. The molecule has 34 heavy (non-hydrogen) atoms. The Morgan fingerprint density at radius 3 is 2.15 bits per heavy atom. The summed E-state index contributed by atoms with van der Waals surface area (Å²) in [5, 5.41) is 24.4. The van der Waals surface area contributed by atoms with Crippen molar-refractivity contribution < 1.29 is 14.5 Å². The molecule has 0 atom stereocenters. The maximum absolute atomic E-state index is 13.1. The van der Waals surface area contributed by atoms with Crippen LogP contribution in [0.1, 0.15) is 6.92 Å². The molecule has 1 aliphatic heterocycles. The Bertz CT molecular complexity index is 1370. The molecule has 8 nitrogen and oxygen atoms in total.